The van der Waals surface area contributed by atoms with E-state index in [2.05, 4.69) is 72.3 Å². The van der Waals surface area contributed by atoms with Gasteiger partial charge in [-0.3, -0.25) is 57.5 Å². The fourth-order valence-corrected chi connectivity index (χ4v) is 10.1. The van der Waals surface area contributed by atoms with Crippen LogP contribution in [-0.4, -0.2) is 194 Å². The third-order valence-corrected chi connectivity index (χ3v) is 15.6. The molecule has 0 radical (unpaired) electrons. The van der Waals surface area contributed by atoms with Gasteiger partial charge in [-0.2, -0.15) is 0 Å². The standard InChI is InChI=1S/C62H109N17O14/c1-9-36(6)15-13-14-18-49(81)70-41(19-25-63)56(86)79-51(38(8)93-62(92)40(68)31-34(2)3)61(91)75-44(22-28-66)53(83)74-46-24-30-69-60(90)50(37(7)80)78-57(87)45(23-29-67)72-52(82)42(20-26-64)73-58(88)47(32-35(4)5)76-59(89)48(33-39-16-11-10-12-17-39)77-54(84)43(21-27-65)71-55(46)85/h10-12,16-17,34-38,40-48,50-51,80H,9,13-15,18-33,63-68H2,1-8H3,(H,69,90)(H,70,81)(H,71,85)(H,72,82)(H,73,88)(H,74,83)(H,75,91)(H,76,89)(H,77,84)(H,78,87)(H,79,86)/t36-,37+,38+,40-,41-,42-,43-,44-,45-,46-,47-,48+,50-,51-/m0/s1. The van der Waals surface area contributed by atoms with E-state index in [9.17, 15) is 62.6 Å². The van der Waals surface area contributed by atoms with Crippen LogP contribution in [0.1, 0.15) is 144 Å². The van der Waals surface area contributed by atoms with Crippen molar-refractivity contribution < 1.29 is 67.4 Å². The van der Waals surface area contributed by atoms with Gasteiger partial charge in [0.1, 0.15) is 72.6 Å². The van der Waals surface area contributed by atoms with Crippen LogP contribution in [0.25, 0.3) is 0 Å². The number of aliphatic hydroxyl groups is 1. The van der Waals surface area contributed by atoms with E-state index in [0.29, 0.717) is 17.9 Å². The Morgan fingerprint density at radius 1 is 0.581 bits per heavy atom. The topological polar surface area (TPSA) is 523 Å². The van der Waals surface area contributed by atoms with Crippen molar-refractivity contribution >= 4 is 70.9 Å². The van der Waals surface area contributed by atoms with Crippen molar-refractivity contribution in [3.63, 3.8) is 0 Å². The van der Waals surface area contributed by atoms with Gasteiger partial charge in [-0.25, -0.2) is 0 Å². The summed E-state index contributed by atoms with van der Waals surface area (Å²) in [6.07, 6.45) is -1.13. The zero-order chi connectivity index (χ0) is 69.9. The number of carbonyl (C=O) groups is 12. The molecule has 1 fully saturated rings. The minimum atomic E-state index is -1.77. The van der Waals surface area contributed by atoms with E-state index in [0.717, 1.165) is 19.3 Å². The lowest BCUT2D eigenvalue weighted by atomic mass is 10.00. The maximum absolute atomic E-state index is 14.7. The zero-order valence-corrected chi connectivity index (χ0v) is 55.5. The Labute approximate surface area is 546 Å². The Hall–Kier alpha value is -7.42. The number of carbonyl (C=O) groups excluding carboxylic acids is 12. The second kappa shape index (κ2) is 43.5. The van der Waals surface area contributed by atoms with Crippen LogP contribution in [0.3, 0.4) is 0 Å². The third kappa shape index (κ3) is 30.0. The molecule has 11 amide bonds. The van der Waals surface area contributed by atoms with Crippen LogP contribution in [0.15, 0.2) is 30.3 Å². The molecule has 1 saturated heterocycles. The molecule has 1 aromatic carbocycles. The molecule has 0 bridgehead atoms. The van der Waals surface area contributed by atoms with Crippen LogP contribution in [0.4, 0.5) is 0 Å². The molecule has 1 heterocycles. The average Bonchev–Trinajstić information content (AvgIpc) is 1.11. The van der Waals surface area contributed by atoms with Crippen molar-refractivity contribution in [1.82, 2.24) is 58.5 Å². The molecule has 1 aliphatic rings. The summed E-state index contributed by atoms with van der Waals surface area (Å²) in [5.41, 5.74) is 36.4. The van der Waals surface area contributed by atoms with E-state index in [4.69, 9.17) is 39.1 Å². The average molecular weight is 1320 g/mol. The molecule has 31 heteroatoms. The largest absolute Gasteiger partial charge is 0.459 e. The second-order valence-electron chi connectivity index (χ2n) is 24.7. The number of nitrogens with two attached hydrogens (primary N) is 6. The Morgan fingerprint density at radius 3 is 1.60 bits per heavy atom. The van der Waals surface area contributed by atoms with Gasteiger partial charge in [-0.15, -0.1) is 0 Å². The highest BCUT2D eigenvalue weighted by molar-refractivity contribution is 5.99. The first-order valence-corrected chi connectivity index (χ1v) is 32.5. The highest BCUT2D eigenvalue weighted by atomic mass is 16.5. The number of nitrogens with one attached hydrogen (secondary N) is 11. The minimum absolute atomic E-state index is 0.0330. The fourth-order valence-electron chi connectivity index (χ4n) is 10.1. The first kappa shape index (κ1) is 81.7. The van der Waals surface area contributed by atoms with E-state index in [1.165, 1.54) is 13.8 Å². The molecule has 24 N–H and O–H groups in total. The van der Waals surface area contributed by atoms with Crippen molar-refractivity contribution in [3.8, 4) is 0 Å². The SMILES string of the molecule is CC[C@H](C)CCCCC(=O)N[C@@H](CCN)C(=O)N[C@H](C(=O)N[C@@H](CCN)C(=O)N[C@H]1CCNC(=O)[C@H]([C@@H](C)O)NC(=O)[C@H](CCN)NC(=O)[C@H](CCN)NC(=O)[C@H](CC(C)C)NC(=O)[C@@H](Cc2ccccc2)NC(=O)[C@H](CCN)NC1=O)[C@@H](C)OC(=O)[C@@H](N)CC(C)C. The number of esters is 1. The molecule has 0 aliphatic carbocycles. The first-order chi connectivity index (χ1) is 44.0. The Bertz CT molecular complexity index is 2570. The fraction of sp³-hybridized carbons (Fsp3) is 0.710. The molecule has 31 nitrogen and oxygen atoms in total. The summed E-state index contributed by atoms with van der Waals surface area (Å²) in [5.74, 6) is -10.7. The van der Waals surface area contributed by atoms with Gasteiger partial charge in [-0.1, -0.05) is 91.1 Å². The van der Waals surface area contributed by atoms with Crippen LogP contribution < -0.4 is 92.9 Å². The van der Waals surface area contributed by atoms with E-state index in [1.807, 2.05) is 13.8 Å². The monoisotopic (exact) mass is 1320 g/mol. The van der Waals surface area contributed by atoms with Crippen LogP contribution in [0, 0.1) is 17.8 Å². The summed E-state index contributed by atoms with van der Waals surface area (Å²) in [6.45, 7) is 12.6. The number of benzene rings is 1. The highest BCUT2D eigenvalue weighted by Gasteiger charge is 2.39. The molecule has 2 rings (SSSR count). The maximum atomic E-state index is 14.7. The van der Waals surface area contributed by atoms with Crippen molar-refractivity contribution in [2.24, 2.45) is 52.2 Å². The summed E-state index contributed by atoms with van der Waals surface area (Å²) in [5, 5.41) is 39.3. The summed E-state index contributed by atoms with van der Waals surface area (Å²) < 4.78 is 5.65. The quantitative estimate of drug-likeness (QED) is 0.0234. The molecule has 0 spiro atoms. The number of hydrogen-bond donors (Lipinski definition) is 18. The molecule has 0 unspecified atom stereocenters. The van der Waals surface area contributed by atoms with Gasteiger partial charge in [0.05, 0.1) is 6.10 Å². The number of aliphatic hydroxyl groups excluding tert-OH is 1. The molecule has 0 saturated carbocycles. The van der Waals surface area contributed by atoms with Crippen LogP contribution >= 0.6 is 0 Å². The Morgan fingerprint density at radius 2 is 1.09 bits per heavy atom. The van der Waals surface area contributed by atoms with Gasteiger partial charge in [0.2, 0.25) is 65.0 Å². The summed E-state index contributed by atoms with van der Waals surface area (Å²) in [4.78, 5) is 170. The smallest absolute Gasteiger partial charge is 0.323 e. The molecule has 526 valence electrons. The predicted molar refractivity (Wildman–Crippen MR) is 347 cm³/mol. The maximum Gasteiger partial charge on any atom is 0.323 e. The summed E-state index contributed by atoms with van der Waals surface area (Å²) in [6, 6.07) is -7.77. The van der Waals surface area contributed by atoms with E-state index < -0.39 is 163 Å². The third-order valence-electron chi connectivity index (χ3n) is 15.6. The van der Waals surface area contributed by atoms with E-state index in [-0.39, 0.29) is 102 Å². The van der Waals surface area contributed by atoms with Crippen molar-refractivity contribution in [2.45, 2.75) is 224 Å². The molecule has 14 atom stereocenters. The van der Waals surface area contributed by atoms with Crippen molar-refractivity contribution in [3.05, 3.63) is 35.9 Å². The number of hydrogen-bond acceptors (Lipinski definition) is 20. The molecule has 93 heavy (non-hydrogen) atoms. The highest BCUT2D eigenvalue weighted by Crippen LogP contribution is 2.15. The molecule has 1 aromatic rings. The molecular formula is C62H109N17O14. The van der Waals surface area contributed by atoms with Gasteiger partial charge >= 0.3 is 5.97 Å². The lowest BCUT2D eigenvalue weighted by Crippen LogP contribution is -2.62. The Balaban J connectivity index is 2.79. The lowest BCUT2D eigenvalue weighted by molar-refractivity contribution is -0.154. The van der Waals surface area contributed by atoms with Gasteiger partial charge in [0, 0.05) is 19.4 Å². The van der Waals surface area contributed by atoms with E-state index >= 15 is 0 Å². The molecule has 0 aromatic heterocycles. The van der Waals surface area contributed by atoms with Gasteiger partial charge in [-0.05, 0) is 128 Å². The van der Waals surface area contributed by atoms with Crippen molar-refractivity contribution in [2.75, 3.05) is 39.3 Å². The van der Waals surface area contributed by atoms with Crippen molar-refractivity contribution in [1.29, 1.82) is 0 Å². The first-order valence-electron chi connectivity index (χ1n) is 32.5. The minimum Gasteiger partial charge on any atom is -0.459 e. The normalized spacial score (nSPS) is 22.3. The van der Waals surface area contributed by atoms with Crippen LogP contribution in [0.2, 0.25) is 0 Å². The van der Waals surface area contributed by atoms with Gasteiger partial charge in [0.25, 0.3) is 0 Å². The van der Waals surface area contributed by atoms with E-state index in [1.54, 1.807) is 44.2 Å². The lowest BCUT2D eigenvalue weighted by Gasteiger charge is -2.30. The predicted octanol–water partition coefficient (Wildman–Crippen LogP) is -4.32. The summed E-state index contributed by atoms with van der Waals surface area (Å²) >= 11 is 0. The zero-order valence-electron chi connectivity index (χ0n) is 55.5. The number of ether oxygens (including phenoxy) is 1. The molecule has 1 aliphatic heterocycles. The second-order valence-corrected chi connectivity index (χ2v) is 24.7. The number of amides is 11. The van der Waals surface area contributed by atoms with Gasteiger partial charge in [0.15, 0.2) is 0 Å². The Kier molecular flexibility index (Phi) is 38.2. The summed E-state index contributed by atoms with van der Waals surface area (Å²) in [7, 11) is 0. The number of unbranched alkanes of at least 4 members (excludes halogenated alkanes) is 1. The van der Waals surface area contributed by atoms with Gasteiger partial charge < -0.3 is 103 Å². The van der Waals surface area contributed by atoms with Crippen LogP contribution in [-0.2, 0) is 68.7 Å². The van der Waals surface area contributed by atoms with Crippen LogP contribution in [0.5, 0.6) is 0 Å². The molecular weight excluding hydrogens is 1210 g/mol. The number of rotatable bonds is 33.